The van der Waals surface area contributed by atoms with Gasteiger partial charge in [0.15, 0.2) is 0 Å². The third-order valence-electron chi connectivity index (χ3n) is 3.99. The van der Waals surface area contributed by atoms with Crippen molar-refractivity contribution >= 4 is 29.2 Å². The predicted molar refractivity (Wildman–Crippen MR) is 81.2 cm³/mol. The zero-order valence-corrected chi connectivity index (χ0v) is 13.5. The second-order valence-corrected chi connectivity index (χ2v) is 6.30. The molecule has 21 heavy (non-hydrogen) atoms. The van der Waals surface area contributed by atoms with E-state index in [4.69, 9.17) is 27.9 Å². The van der Waals surface area contributed by atoms with Gasteiger partial charge in [-0.2, -0.15) is 0 Å². The van der Waals surface area contributed by atoms with Crippen molar-refractivity contribution in [3.05, 3.63) is 33.6 Å². The van der Waals surface area contributed by atoms with Gasteiger partial charge in [0, 0.05) is 16.6 Å². The molecule has 0 heterocycles. The lowest BCUT2D eigenvalue weighted by molar-refractivity contribution is -0.148. The molecule has 0 amide bonds. The van der Waals surface area contributed by atoms with Gasteiger partial charge in [-0.15, -0.1) is 0 Å². The average Bonchev–Trinajstić information content (AvgIpc) is 2.94. The van der Waals surface area contributed by atoms with Crippen molar-refractivity contribution in [3.8, 4) is 0 Å². The quantitative estimate of drug-likeness (QED) is 0.667. The predicted octanol–water partition coefficient (Wildman–Crippen LogP) is 4.05. The summed E-state index contributed by atoms with van der Waals surface area (Å²) < 4.78 is 18.7. The summed E-state index contributed by atoms with van der Waals surface area (Å²) in [6.45, 7) is 1.66. The lowest BCUT2D eigenvalue weighted by Crippen LogP contribution is -2.51. The van der Waals surface area contributed by atoms with Crippen LogP contribution < -0.4 is 5.32 Å². The number of carbonyl (C=O) groups excluding carboxylic acids is 1. The van der Waals surface area contributed by atoms with Gasteiger partial charge in [0.1, 0.15) is 11.4 Å². The Balaban J connectivity index is 2.43. The van der Waals surface area contributed by atoms with Crippen LogP contribution in [-0.2, 0) is 15.1 Å². The van der Waals surface area contributed by atoms with Crippen molar-refractivity contribution < 1.29 is 13.9 Å². The molecule has 116 valence electrons. The Morgan fingerprint density at radius 3 is 2.52 bits per heavy atom. The maximum absolute atomic E-state index is 13.8. The summed E-state index contributed by atoms with van der Waals surface area (Å²) in [5.74, 6) is -1.11. The molecule has 1 saturated carbocycles. The van der Waals surface area contributed by atoms with Gasteiger partial charge in [0.2, 0.25) is 0 Å². The van der Waals surface area contributed by atoms with Crippen LogP contribution in [0.15, 0.2) is 12.1 Å². The van der Waals surface area contributed by atoms with E-state index >= 15 is 0 Å². The number of hydrogen-bond donors (Lipinski definition) is 1. The number of hydrogen-bond acceptors (Lipinski definition) is 3. The Hall–Kier alpha value is -0.840. The van der Waals surface area contributed by atoms with E-state index in [0.717, 1.165) is 25.7 Å². The van der Waals surface area contributed by atoms with Crippen LogP contribution in [0.4, 0.5) is 4.39 Å². The number of esters is 1. The molecule has 0 aliphatic heterocycles. The molecule has 2 rings (SSSR count). The molecule has 1 aliphatic carbocycles. The first kappa shape index (κ1) is 16.5. The van der Waals surface area contributed by atoms with E-state index in [1.807, 2.05) is 0 Å². The number of nitrogens with one attached hydrogen (secondary N) is 1. The highest BCUT2D eigenvalue weighted by atomic mass is 35.5. The summed E-state index contributed by atoms with van der Waals surface area (Å²) in [6, 6.07) is 2.69. The molecule has 1 aromatic rings. The Kier molecular flexibility index (Phi) is 5.12. The molecule has 1 atom stereocenters. The number of benzene rings is 1. The second kappa shape index (κ2) is 6.51. The molecule has 1 aromatic carbocycles. The standard InChI is InChI=1S/C15H18Cl2FNO2/c1-15(14(20)21-2,19-9-5-3-4-6-9)10-7-13(18)12(17)8-11(10)16/h7-9,19H,3-6H2,1-2H3. The van der Waals surface area contributed by atoms with Crippen molar-refractivity contribution in [1.29, 1.82) is 0 Å². The molecule has 6 heteroatoms. The molecule has 1 fully saturated rings. The lowest BCUT2D eigenvalue weighted by atomic mass is 9.90. The van der Waals surface area contributed by atoms with Crippen LogP contribution in [0.1, 0.15) is 38.2 Å². The van der Waals surface area contributed by atoms with Crippen LogP contribution in [0.2, 0.25) is 10.0 Å². The minimum atomic E-state index is -1.20. The van der Waals surface area contributed by atoms with Gasteiger partial charge < -0.3 is 4.74 Å². The smallest absolute Gasteiger partial charge is 0.330 e. The van der Waals surface area contributed by atoms with Crippen LogP contribution >= 0.6 is 23.2 Å². The van der Waals surface area contributed by atoms with Crippen molar-refractivity contribution in [3.63, 3.8) is 0 Å². The Labute approximate surface area is 133 Å². The highest BCUT2D eigenvalue weighted by Crippen LogP contribution is 2.34. The monoisotopic (exact) mass is 333 g/mol. The number of methoxy groups -OCH3 is 1. The summed E-state index contributed by atoms with van der Waals surface area (Å²) in [4.78, 5) is 12.3. The molecular formula is C15H18Cl2FNO2. The van der Waals surface area contributed by atoms with Gasteiger partial charge in [0.25, 0.3) is 0 Å². The van der Waals surface area contributed by atoms with Gasteiger partial charge in [-0.25, -0.2) is 9.18 Å². The summed E-state index contributed by atoms with van der Waals surface area (Å²) in [7, 11) is 1.30. The minimum absolute atomic E-state index is 0.0724. The first-order valence-corrected chi connectivity index (χ1v) is 7.65. The Bertz CT molecular complexity index is 547. The first-order valence-electron chi connectivity index (χ1n) is 6.89. The molecule has 1 N–H and O–H groups in total. The van der Waals surface area contributed by atoms with Crippen molar-refractivity contribution in [2.24, 2.45) is 0 Å². The van der Waals surface area contributed by atoms with Crippen molar-refractivity contribution in [2.45, 2.75) is 44.2 Å². The average molecular weight is 334 g/mol. The fourth-order valence-corrected chi connectivity index (χ4v) is 3.41. The second-order valence-electron chi connectivity index (χ2n) is 5.49. The molecule has 1 unspecified atom stereocenters. The number of rotatable bonds is 4. The largest absolute Gasteiger partial charge is 0.467 e. The van der Waals surface area contributed by atoms with Gasteiger partial charge >= 0.3 is 5.97 Å². The van der Waals surface area contributed by atoms with E-state index < -0.39 is 17.3 Å². The molecule has 1 aliphatic rings. The fraction of sp³-hybridized carbons (Fsp3) is 0.533. The van der Waals surface area contributed by atoms with Crippen LogP contribution in [-0.4, -0.2) is 19.1 Å². The minimum Gasteiger partial charge on any atom is -0.467 e. The maximum Gasteiger partial charge on any atom is 0.330 e. The summed E-state index contributed by atoms with van der Waals surface area (Å²) in [5, 5.41) is 3.44. The third-order valence-corrected chi connectivity index (χ3v) is 4.59. The normalized spacial score (nSPS) is 18.5. The zero-order chi connectivity index (χ0) is 15.6. The van der Waals surface area contributed by atoms with Crippen LogP contribution in [0.5, 0.6) is 0 Å². The summed E-state index contributed by atoms with van der Waals surface area (Å²) >= 11 is 11.9. The van der Waals surface area contributed by atoms with Crippen LogP contribution in [0.25, 0.3) is 0 Å². The van der Waals surface area contributed by atoms with E-state index in [-0.39, 0.29) is 16.1 Å². The zero-order valence-electron chi connectivity index (χ0n) is 12.0. The van der Waals surface area contributed by atoms with Crippen molar-refractivity contribution in [1.82, 2.24) is 5.32 Å². The molecule has 0 spiro atoms. The summed E-state index contributed by atoms with van der Waals surface area (Å²) in [6.07, 6.45) is 4.16. The van der Waals surface area contributed by atoms with E-state index in [0.29, 0.717) is 5.56 Å². The molecular weight excluding hydrogens is 316 g/mol. The highest BCUT2D eigenvalue weighted by molar-refractivity contribution is 6.35. The Morgan fingerprint density at radius 1 is 1.33 bits per heavy atom. The van der Waals surface area contributed by atoms with E-state index in [1.54, 1.807) is 6.92 Å². The van der Waals surface area contributed by atoms with Crippen molar-refractivity contribution in [2.75, 3.05) is 7.11 Å². The molecule has 3 nitrogen and oxygen atoms in total. The number of ether oxygens (including phenoxy) is 1. The van der Waals surface area contributed by atoms with Crippen LogP contribution in [0, 0.1) is 5.82 Å². The van der Waals surface area contributed by atoms with Gasteiger partial charge in [-0.3, -0.25) is 5.32 Å². The fourth-order valence-electron chi connectivity index (χ4n) is 2.83. The third kappa shape index (κ3) is 3.33. The SMILES string of the molecule is COC(=O)C(C)(NC1CCCC1)c1cc(F)c(Cl)cc1Cl. The van der Waals surface area contributed by atoms with E-state index in [2.05, 4.69) is 5.32 Å². The van der Waals surface area contributed by atoms with Gasteiger partial charge in [0.05, 0.1) is 12.1 Å². The molecule has 0 bridgehead atoms. The number of carbonyl (C=O) groups is 1. The van der Waals surface area contributed by atoms with Gasteiger partial charge in [-0.05, 0) is 31.9 Å². The maximum atomic E-state index is 13.8. The lowest BCUT2D eigenvalue weighted by Gasteiger charge is -2.32. The molecule has 0 saturated heterocycles. The van der Waals surface area contributed by atoms with E-state index in [1.165, 1.54) is 19.2 Å². The Morgan fingerprint density at radius 2 is 1.95 bits per heavy atom. The van der Waals surface area contributed by atoms with Gasteiger partial charge in [-0.1, -0.05) is 36.0 Å². The first-order chi connectivity index (χ1) is 9.88. The molecule has 0 radical (unpaired) electrons. The molecule has 0 aromatic heterocycles. The summed E-state index contributed by atoms with van der Waals surface area (Å²) in [5.41, 5.74) is -0.864. The topological polar surface area (TPSA) is 38.3 Å². The highest BCUT2D eigenvalue weighted by Gasteiger charge is 2.40. The van der Waals surface area contributed by atoms with Crippen LogP contribution in [0.3, 0.4) is 0 Å². The van der Waals surface area contributed by atoms with E-state index in [9.17, 15) is 9.18 Å². The number of halogens is 3.